The summed E-state index contributed by atoms with van der Waals surface area (Å²) in [6.07, 6.45) is -3.80. The summed E-state index contributed by atoms with van der Waals surface area (Å²) in [5.41, 5.74) is -0.571. The van der Waals surface area contributed by atoms with Gasteiger partial charge >= 0.3 is 6.18 Å². The number of rotatable bonds is 5. The lowest BCUT2D eigenvalue weighted by molar-refractivity contribution is -0.384. The molecular weight excluding hydrogens is 451 g/mol. The minimum Gasteiger partial charge on any atom is -0.362 e. The van der Waals surface area contributed by atoms with E-state index in [1.807, 2.05) is 0 Å². The second-order valence-corrected chi connectivity index (χ2v) is 8.00. The maximum atomic E-state index is 12.8. The second kappa shape index (κ2) is 9.19. The summed E-state index contributed by atoms with van der Waals surface area (Å²) < 4.78 is 38.5. The standard InChI is InChI=1S/C20H21ClF3N5O3/c1-12(2)26-19(30)13-3-4-16(17(9-13)29(31)32)27-5-7-28(8-6-27)18-15(21)10-14(11-25-18)20(22,23)24/h3-4,9-12H,5-8H2,1-2H3,(H,26,30). The van der Waals surface area contributed by atoms with Gasteiger partial charge in [-0.2, -0.15) is 13.2 Å². The number of amides is 1. The molecule has 2 aromatic rings. The third-order valence-electron chi connectivity index (χ3n) is 4.92. The molecule has 1 aliphatic heterocycles. The Hall–Kier alpha value is -3.08. The second-order valence-electron chi connectivity index (χ2n) is 7.59. The van der Waals surface area contributed by atoms with Crippen molar-refractivity contribution < 1.29 is 22.9 Å². The van der Waals surface area contributed by atoms with Crippen LogP contribution in [0.15, 0.2) is 30.5 Å². The van der Waals surface area contributed by atoms with E-state index >= 15 is 0 Å². The van der Waals surface area contributed by atoms with Gasteiger partial charge in [0.1, 0.15) is 11.5 Å². The lowest BCUT2D eigenvalue weighted by Crippen LogP contribution is -2.47. The third kappa shape index (κ3) is 5.21. The van der Waals surface area contributed by atoms with Crippen molar-refractivity contribution in [2.24, 2.45) is 0 Å². The van der Waals surface area contributed by atoms with E-state index in [2.05, 4.69) is 10.3 Å². The highest BCUT2D eigenvalue weighted by Crippen LogP contribution is 2.35. The number of nitrogens with one attached hydrogen (secondary N) is 1. The summed E-state index contributed by atoms with van der Waals surface area (Å²) in [6.45, 7) is 5.00. The molecule has 172 valence electrons. The molecule has 1 amide bonds. The van der Waals surface area contributed by atoms with Gasteiger partial charge in [0.25, 0.3) is 11.6 Å². The minimum absolute atomic E-state index is 0.111. The van der Waals surface area contributed by atoms with Crippen molar-refractivity contribution >= 4 is 34.7 Å². The summed E-state index contributed by atoms with van der Waals surface area (Å²) in [4.78, 5) is 30.7. The van der Waals surface area contributed by atoms with E-state index in [1.165, 1.54) is 18.2 Å². The van der Waals surface area contributed by atoms with Crippen molar-refractivity contribution in [2.75, 3.05) is 36.0 Å². The van der Waals surface area contributed by atoms with E-state index < -0.39 is 22.6 Å². The van der Waals surface area contributed by atoms with Crippen molar-refractivity contribution in [3.8, 4) is 0 Å². The molecule has 32 heavy (non-hydrogen) atoms. The van der Waals surface area contributed by atoms with Gasteiger partial charge in [-0.05, 0) is 32.0 Å². The summed E-state index contributed by atoms with van der Waals surface area (Å²) in [6, 6.07) is 5.03. The summed E-state index contributed by atoms with van der Waals surface area (Å²) >= 11 is 6.03. The number of aromatic nitrogens is 1. The zero-order valence-electron chi connectivity index (χ0n) is 17.3. The van der Waals surface area contributed by atoms with Gasteiger partial charge in [0.15, 0.2) is 0 Å². The number of anilines is 2. The number of halogens is 4. The predicted octanol–water partition coefficient (Wildman–Crippen LogP) is 4.13. The van der Waals surface area contributed by atoms with Crippen LogP contribution in [0.1, 0.15) is 29.8 Å². The first kappa shape index (κ1) is 23.6. The maximum Gasteiger partial charge on any atom is 0.417 e. The molecule has 0 saturated carbocycles. The van der Waals surface area contributed by atoms with Gasteiger partial charge in [-0.3, -0.25) is 14.9 Å². The Morgan fingerprint density at radius 1 is 1.19 bits per heavy atom. The quantitative estimate of drug-likeness (QED) is 0.521. The largest absolute Gasteiger partial charge is 0.417 e. The molecule has 0 radical (unpaired) electrons. The number of piperazine rings is 1. The van der Waals surface area contributed by atoms with E-state index in [4.69, 9.17) is 11.6 Å². The molecule has 1 aromatic heterocycles. The van der Waals surface area contributed by atoms with Crippen LogP contribution >= 0.6 is 11.6 Å². The number of carbonyl (C=O) groups excluding carboxylic acids is 1. The lowest BCUT2D eigenvalue weighted by atomic mass is 10.1. The first-order chi connectivity index (χ1) is 15.0. The van der Waals surface area contributed by atoms with Crippen molar-refractivity contribution in [3.05, 3.63) is 56.7 Å². The molecule has 2 heterocycles. The highest BCUT2D eigenvalue weighted by atomic mass is 35.5. The molecule has 1 saturated heterocycles. The average Bonchev–Trinajstić information content (AvgIpc) is 2.72. The summed E-state index contributed by atoms with van der Waals surface area (Å²) in [5, 5.41) is 14.2. The van der Waals surface area contributed by atoms with Gasteiger partial charge in [-0.1, -0.05) is 11.6 Å². The molecule has 0 bridgehead atoms. The molecule has 0 atom stereocenters. The van der Waals surface area contributed by atoms with Crippen LogP contribution in [-0.4, -0.2) is 48.0 Å². The predicted molar refractivity (Wildman–Crippen MR) is 114 cm³/mol. The van der Waals surface area contributed by atoms with Gasteiger partial charge in [0.05, 0.1) is 15.5 Å². The van der Waals surface area contributed by atoms with Gasteiger partial charge in [0, 0.05) is 50.0 Å². The molecule has 12 heteroatoms. The summed E-state index contributed by atoms with van der Waals surface area (Å²) in [5.74, 6) is -0.169. The van der Waals surface area contributed by atoms with Crippen LogP contribution in [0.25, 0.3) is 0 Å². The molecular formula is C20H21ClF3N5O3. The molecule has 8 nitrogen and oxygen atoms in total. The topological polar surface area (TPSA) is 91.6 Å². The van der Waals surface area contributed by atoms with Crippen LogP contribution in [0.4, 0.5) is 30.4 Å². The Balaban J connectivity index is 1.76. The molecule has 1 fully saturated rings. The van der Waals surface area contributed by atoms with E-state index in [9.17, 15) is 28.1 Å². The maximum absolute atomic E-state index is 12.8. The van der Waals surface area contributed by atoms with Crippen molar-refractivity contribution in [1.29, 1.82) is 0 Å². The zero-order chi connectivity index (χ0) is 23.6. The fraction of sp³-hybridized carbons (Fsp3) is 0.400. The number of carbonyl (C=O) groups is 1. The van der Waals surface area contributed by atoms with Crippen molar-refractivity contribution in [1.82, 2.24) is 10.3 Å². The van der Waals surface area contributed by atoms with Gasteiger partial charge in [-0.25, -0.2) is 4.98 Å². The van der Waals surface area contributed by atoms with Crippen LogP contribution in [-0.2, 0) is 6.18 Å². The van der Waals surface area contributed by atoms with Crippen LogP contribution < -0.4 is 15.1 Å². The average molecular weight is 472 g/mol. The first-order valence-corrected chi connectivity index (χ1v) is 10.2. The number of nitro groups is 1. The van der Waals surface area contributed by atoms with Crippen molar-refractivity contribution in [3.63, 3.8) is 0 Å². The fourth-order valence-corrected chi connectivity index (χ4v) is 3.69. The van der Waals surface area contributed by atoms with E-state index in [0.29, 0.717) is 31.9 Å². The number of nitro benzene ring substituents is 1. The molecule has 1 N–H and O–H groups in total. The molecule has 0 unspecified atom stereocenters. The molecule has 1 aliphatic rings. The molecule has 3 rings (SSSR count). The van der Waals surface area contributed by atoms with Gasteiger partial charge < -0.3 is 15.1 Å². The first-order valence-electron chi connectivity index (χ1n) is 9.79. The van der Waals surface area contributed by atoms with Crippen LogP contribution in [0, 0.1) is 10.1 Å². The van der Waals surface area contributed by atoms with Crippen LogP contribution in [0.5, 0.6) is 0 Å². The SMILES string of the molecule is CC(C)NC(=O)c1ccc(N2CCN(c3ncc(C(F)(F)F)cc3Cl)CC2)c([N+](=O)[O-])c1. The summed E-state index contributed by atoms with van der Waals surface area (Å²) in [7, 11) is 0. The Labute approximate surface area is 187 Å². The Bertz CT molecular complexity index is 1020. The third-order valence-corrected chi connectivity index (χ3v) is 5.20. The smallest absolute Gasteiger partial charge is 0.362 e. The van der Waals surface area contributed by atoms with Crippen LogP contribution in [0.2, 0.25) is 5.02 Å². The highest BCUT2D eigenvalue weighted by molar-refractivity contribution is 6.33. The number of nitrogens with zero attached hydrogens (tertiary/aromatic N) is 4. The lowest BCUT2D eigenvalue weighted by Gasteiger charge is -2.36. The van der Waals surface area contributed by atoms with Gasteiger partial charge in [0.2, 0.25) is 0 Å². The number of pyridine rings is 1. The Morgan fingerprint density at radius 3 is 2.34 bits per heavy atom. The van der Waals surface area contributed by atoms with E-state index in [0.717, 1.165) is 12.3 Å². The van der Waals surface area contributed by atoms with Crippen molar-refractivity contribution in [2.45, 2.75) is 26.1 Å². The van der Waals surface area contributed by atoms with E-state index in [-0.39, 0.29) is 28.1 Å². The number of hydrogen-bond acceptors (Lipinski definition) is 6. The normalized spacial score (nSPS) is 14.6. The molecule has 0 spiro atoms. The van der Waals surface area contributed by atoms with Crippen LogP contribution in [0.3, 0.4) is 0 Å². The highest BCUT2D eigenvalue weighted by Gasteiger charge is 2.32. The number of benzene rings is 1. The fourth-order valence-electron chi connectivity index (χ4n) is 3.40. The number of hydrogen-bond donors (Lipinski definition) is 1. The molecule has 0 aliphatic carbocycles. The minimum atomic E-state index is -4.54. The van der Waals surface area contributed by atoms with Gasteiger partial charge in [-0.15, -0.1) is 0 Å². The Morgan fingerprint density at radius 2 is 1.81 bits per heavy atom. The number of alkyl halides is 3. The Kier molecular flexibility index (Phi) is 6.77. The molecule has 1 aromatic carbocycles. The zero-order valence-corrected chi connectivity index (χ0v) is 18.1. The van der Waals surface area contributed by atoms with E-state index in [1.54, 1.807) is 23.6 Å². The monoisotopic (exact) mass is 471 g/mol.